The molecule has 1 N–H and O–H groups in total. The van der Waals surface area contributed by atoms with E-state index < -0.39 is 5.97 Å². The molecule has 88 valence electrons. The fourth-order valence-electron chi connectivity index (χ4n) is 2.73. The van der Waals surface area contributed by atoms with Gasteiger partial charge in [0.2, 0.25) is 0 Å². The van der Waals surface area contributed by atoms with Gasteiger partial charge < -0.3 is 5.11 Å². The molecule has 0 aromatic carbocycles. The fourth-order valence-corrected chi connectivity index (χ4v) is 3.84. The van der Waals surface area contributed by atoms with Crippen LogP contribution in [-0.2, 0) is 4.79 Å². The van der Waals surface area contributed by atoms with Gasteiger partial charge in [0.25, 0.3) is 0 Å². The SMILES string of the molecule is Cc1ccsc1C1CC(C)CCC1C(=O)O. The van der Waals surface area contributed by atoms with Crippen LogP contribution in [0.4, 0.5) is 0 Å². The van der Waals surface area contributed by atoms with Crippen LogP contribution in [0, 0.1) is 18.8 Å². The molecule has 3 heteroatoms. The van der Waals surface area contributed by atoms with Crippen molar-refractivity contribution in [2.45, 2.75) is 39.0 Å². The third-order valence-electron chi connectivity index (χ3n) is 3.67. The first-order chi connectivity index (χ1) is 7.59. The van der Waals surface area contributed by atoms with Gasteiger partial charge >= 0.3 is 5.97 Å². The normalized spacial score (nSPS) is 30.2. The molecule has 1 aromatic rings. The number of carboxylic acid groups (broad SMARTS) is 1. The standard InChI is InChI=1S/C13H18O2S/c1-8-3-4-10(13(14)15)11(7-8)12-9(2)5-6-16-12/h5-6,8,10-11H,3-4,7H2,1-2H3,(H,14,15). The largest absolute Gasteiger partial charge is 0.481 e. The van der Waals surface area contributed by atoms with E-state index in [4.69, 9.17) is 0 Å². The molecule has 2 rings (SSSR count). The van der Waals surface area contributed by atoms with Crippen molar-refractivity contribution in [2.24, 2.45) is 11.8 Å². The molecule has 3 atom stereocenters. The van der Waals surface area contributed by atoms with Crippen molar-refractivity contribution in [1.29, 1.82) is 0 Å². The number of carboxylic acids is 1. The predicted molar refractivity (Wildman–Crippen MR) is 65.9 cm³/mol. The fraction of sp³-hybridized carbons (Fsp3) is 0.615. The van der Waals surface area contributed by atoms with Crippen LogP contribution in [0.2, 0.25) is 0 Å². The Morgan fingerprint density at radius 1 is 1.50 bits per heavy atom. The van der Waals surface area contributed by atoms with Crippen LogP contribution in [0.5, 0.6) is 0 Å². The molecule has 1 saturated carbocycles. The van der Waals surface area contributed by atoms with Gasteiger partial charge in [-0.15, -0.1) is 11.3 Å². The smallest absolute Gasteiger partial charge is 0.307 e. The van der Waals surface area contributed by atoms with Gasteiger partial charge in [0.05, 0.1) is 5.92 Å². The third-order valence-corrected chi connectivity index (χ3v) is 4.82. The van der Waals surface area contributed by atoms with Gasteiger partial charge in [-0.3, -0.25) is 4.79 Å². The lowest BCUT2D eigenvalue weighted by molar-refractivity contribution is -0.143. The zero-order chi connectivity index (χ0) is 11.7. The van der Waals surface area contributed by atoms with E-state index in [-0.39, 0.29) is 11.8 Å². The van der Waals surface area contributed by atoms with Crippen LogP contribution in [-0.4, -0.2) is 11.1 Å². The lowest BCUT2D eigenvalue weighted by Gasteiger charge is -2.32. The zero-order valence-electron chi connectivity index (χ0n) is 9.77. The lowest BCUT2D eigenvalue weighted by Crippen LogP contribution is -2.28. The average molecular weight is 238 g/mol. The summed E-state index contributed by atoms with van der Waals surface area (Å²) >= 11 is 1.72. The van der Waals surface area contributed by atoms with Crippen molar-refractivity contribution in [1.82, 2.24) is 0 Å². The number of hydrogen-bond donors (Lipinski definition) is 1. The van der Waals surface area contributed by atoms with Crippen molar-refractivity contribution in [2.75, 3.05) is 0 Å². The Morgan fingerprint density at radius 3 is 2.81 bits per heavy atom. The van der Waals surface area contributed by atoms with Crippen LogP contribution in [0.1, 0.15) is 42.5 Å². The summed E-state index contributed by atoms with van der Waals surface area (Å²) in [5.74, 6) is 0.0987. The van der Waals surface area contributed by atoms with Crippen LogP contribution >= 0.6 is 11.3 Å². The Kier molecular flexibility index (Phi) is 3.33. The van der Waals surface area contributed by atoms with Crippen LogP contribution in [0.25, 0.3) is 0 Å². The minimum atomic E-state index is -0.621. The molecule has 0 spiro atoms. The second kappa shape index (κ2) is 4.58. The number of carbonyl (C=O) groups is 1. The topological polar surface area (TPSA) is 37.3 Å². The number of hydrogen-bond acceptors (Lipinski definition) is 2. The van der Waals surface area contributed by atoms with Gasteiger partial charge in [-0.25, -0.2) is 0 Å². The van der Waals surface area contributed by atoms with Gasteiger partial charge in [0.15, 0.2) is 0 Å². The molecule has 0 radical (unpaired) electrons. The molecular formula is C13H18O2S. The maximum Gasteiger partial charge on any atom is 0.307 e. The van der Waals surface area contributed by atoms with Crippen LogP contribution in [0.3, 0.4) is 0 Å². The molecule has 0 saturated heterocycles. The number of rotatable bonds is 2. The van der Waals surface area contributed by atoms with Crippen molar-refractivity contribution in [3.05, 3.63) is 21.9 Å². The Hall–Kier alpha value is -0.830. The summed E-state index contributed by atoms with van der Waals surface area (Å²) in [6.07, 6.45) is 2.91. The molecule has 1 aromatic heterocycles. The highest BCUT2D eigenvalue weighted by atomic mass is 32.1. The second-order valence-electron chi connectivity index (χ2n) is 4.94. The van der Waals surface area contributed by atoms with Crippen molar-refractivity contribution < 1.29 is 9.90 Å². The molecule has 1 fully saturated rings. The lowest BCUT2D eigenvalue weighted by atomic mass is 9.73. The first-order valence-corrected chi connectivity index (χ1v) is 6.74. The summed E-state index contributed by atoms with van der Waals surface area (Å²) in [5.41, 5.74) is 1.26. The Morgan fingerprint density at radius 2 is 2.25 bits per heavy atom. The Balaban J connectivity index is 2.27. The van der Waals surface area contributed by atoms with E-state index in [1.165, 1.54) is 10.4 Å². The van der Waals surface area contributed by atoms with E-state index in [1.54, 1.807) is 11.3 Å². The minimum Gasteiger partial charge on any atom is -0.481 e. The second-order valence-corrected chi connectivity index (χ2v) is 5.89. The van der Waals surface area contributed by atoms with E-state index in [2.05, 4.69) is 25.3 Å². The summed E-state index contributed by atoms with van der Waals surface area (Å²) in [7, 11) is 0. The van der Waals surface area contributed by atoms with E-state index >= 15 is 0 Å². The molecule has 1 heterocycles. The summed E-state index contributed by atoms with van der Waals surface area (Å²) in [5, 5.41) is 11.4. The van der Waals surface area contributed by atoms with E-state index in [0.717, 1.165) is 19.3 Å². The average Bonchev–Trinajstić information content (AvgIpc) is 2.63. The monoisotopic (exact) mass is 238 g/mol. The Labute approximate surface area is 100 Å². The van der Waals surface area contributed by atoms with Gasteiger partial charge in [0.1, 0.15) is 0 Å². The quantitative estimate of drug-likeness (QED) is 0.853. The van der Waals surface area contributed by atoms with E-state index in [0.29, 0.717) is 5.92 Å². The zero-order valence-corrected chi connectivity index (χ0v) is 10.6. The van der Waals surface area contributed by atoms with Crippen molar-refractivity contribution in [3.63, 3.8) is 0 Å². The molecular weight excluding hydrogens is 220 g/mol. The maximum atomic E-state index is 11.3. The molecule has 0 aliphatic heterocycles. The first kappa shape index (κ1) is 11.6. The van der Waals surface area contributed by atoms with E-state index in [9.17, 15) is 9.90 Å². The van der Waals surface area contributed by atoms with Crippen molar-refractivity contribution >= 4 is 17.3 Å². The molecule has 0 bridgehead atoms. The molecule has 16 heavy (non-hydrogen) atoms. The summed E-state index contributed by atoms with van der Waals surface area (Å²) in [6.45, 7) is 4.32. The molecule has 1 aliphatic carbocycles. The van der Waals surface area contributed by atoms with Gasteiger partial charge in [-0.2, -0.15) is 0 Å². The maximum absolute atomic E-state index is 11.3. The highest BCUT2D eigenvalue weighted by molar-refractivity contribution is 7.10. The van der Waals surface area contributed by atoms with Gasteiger partial charge in [-0.05, 0) is 49.1 Å². The highest BCUT2D eigenvalue weighted by Gasteiger charge is 2.35. The minimum absolute atomic E-state index is 0.173. The summed E-state index contributed by atoms with van der Waals surface area (Å²) in [4.78, 5) is 12.6. The number of aliphatic carboxylic acids is 1. The summed E-state index contributed by atoms with van der Waals surface area (Å²) < 4.78 is 0. The number of aryl methyl sites for hydroxylation is 1. The van der Waals surface area contributed by atoms with Crippen molar-refractivity contribution in [3.8, 4) is 0 Å². The van der Waals surface area contributed by atoms with Gasteiger partial charge in [0, 0.05) is 10.8 Å². The molecule has 1 aliphatic rings. The first-order valence-electron chi connectivity index (χ1n) is 5.86. The predicted octanol–water partition coefficient (Wildman–Crippen LogP) is 3.66. The Bertz CT molecular complexity index is 383. The van der Waals surface area contributed by atoms with Crippen LogP contribution in [0.15, 0.2) is 11.4 Å². The molecule has 2 nitrogen and oxygen atoms in total. The molecule has 0 amide bonds. The third kappa shape index (κ3) is 2.14. The highest BCUT2D eigenvalue weighted by Crippen LogP contribution is 2.43. The number of thiophene rings is 1. The van der Waals surface area contributed by atoms with E-state index in [1.807, 2.05) is 0 Å². The van der Waals surface area contributed by atoms with Gasteiger partial charge in [-0.1, -0.05) is 6.92 Å². The summed E-state index contributed by atoms with van der Waals surface area (Å²) in [6, 6.07) is 2.10. The van der Waals surface area contributed by atoms with Crippen LogP contribution < -0.4 is 0 Å². The molecule has 3 unspecified atom stereocenters.